The Bertz CT molecular complexity index is 993. The van der Waals surface area contributed by atoms with Gasteiger partial charge in [-0.2, -0.15) is 0 Å². The molecule has 2 aromatic carbocycles. The standard InChI is InChI=1S/C29H36N2O5/c32-20-25(18-22-12-6-4-7-13-22)30-27(33)19-24-16-8-2-1-3-11-17-28(34)36-21-26(31-29(24)35)23-14-9-5-10-15-23/h2,4-10,12-15,24-26,32H,1,3,11,16-21H2,(H,30,33)(H,31,35)/t24-,25-,26+/m1/s1. The maximum atomic E-state index is 13.3. The van der Waals surface area contributed by atoms with E-state index >= 15 is 0 Å². The van der Waals surface area contributed by atoms with Crippen LogP contribution in [0.1, 0.15) is 55.7 Å². The van der Waals surface area contributed by atoms with Gasteiger partial charge in [-0.05, 0) is 43.2 Å². The average Bonchev–Trinajstić information content (AvgIpc) is 2.89. The number of hydrogen-bond donors (Lipinski definition) is 3. The summed E-state index contributed by atoms with van der Waals surface area (Å²) >= 11 is 0. The number of cyclic esters (lactones) is 1. The Morgan fingerprint density at radius 1 is 1.03 bits per heavy atom. The largest absolute Gasteiger partial charge is 0.463 e. The van der Waals surface area contributed by atoms with Crippen molar-refractivity contribution in [3.8, 4) is 0 Å². The van der Waals surface area contributed by atoms with Crippen LogP contribution in [0, 0.1) is 5.92 Å². The first kappa shape index (κ1) is 27.1. The van der Waals surface area contributed by atoms with Crippen LogP contribution in [-0.4, -0.2) is 42.1 Å². The third-order valence-corrected chi connectivity index (χ3v) is 6.23. The minimum Gasteiger partial charge on any atom is -0.463 e. The van der Waals surface area contributed by atoms with E-state index in [1.807, 2.05) is 72.8 Å². The highest BCUT2D eigenvalue weighted by atomic mass is 16.5. The molecule has 0 radical (unpaired) electrons. The molecule has 7 nitrogen and oxygen atoms in total. The lowest BCUT2D eigenvalue weighted by molar-refractivity contribution is -0.145. The van der Waals surface area contributed by atoms with Crippen molar-refractivity contribution in [1.82, 2.24) is 10.6 Å². The molecule has 0 fully saturated rings. The van der Waals surface area contributed by atoms with E-state index in [-0.39, 0.29) is 37.4 Å². The van der Waals surface area contributed by atoms with Crippen molar-refractivity contribution in [2.24, 2.45) is 5.92 Å². The number of nitrogens with one attached hydrogen (secondary N) is 2. The van der Waals surface area contributed by atoms with Gasteiger partial charge in [0.05, 0.1) is 24.6 Å². The van der Waals surface area contributed by atoms with Gasteiger partial charge in [-0.15, -0.1) is 0 Å². The van der Waals surface area contributed by atoms with Crippen molar-refractivity contribution >= 4 is 17.8 Å². The van der Waals surface area contributed by atoms with Crippen LogP contribution < -0.4 is 10.6 Å². The Balaban J connectivity index is 1.70. The zero-order valence-corrected chi connectivity index (χ0v) is 20.6. The summed E-state index contributed by atoms with van der Waals surface area (Å²) in [6.07, 6.45) is 7.57. The first-order chi connectivity index (χ1) is 17.5. The van der Waals surface area contributed by atoms with Crippen LogP contribution in [0.15, 0.2) is 72.8 Å². The number of benzene rings is 2. The summed E-state index contributed by atoms with van der Waals surface area (Å²) in [5.74, 6) is -1.44. The van der Waals surface area contributed by atoms with Crippen LogP contribution in [0.4, 0.5) is 0 Å². The van der Waals surface area contributed by atoms with Gasteiger partial charge < -0.3 is 20.5 Å². The molecule has 1 heterocycles. The fourth-order valence-electron chi connectivity index (χ4n) is 4.21. The first-order valence-electron chi connectivity index (χ1n) is 12.6. The Morgan fingerprint density at radius 2 is 1.75 bits per heavy atom. The van der Waals surface area contributed by atoms with Crippen LogP contribution in [0.2, 0.25) is 0 Å². The molecular formula is C29H36N2O5. The quantitative estimate of drug-likeness (QED) is 0.404. The van der Waals surface area contributed by atoms with Gasteiger partial charge in [0.1, 0.15) is 6.61 Å². The minimum absolute atomic E-state index is 0.0112. The molecule has 2 amide bonds. The third-order valence-electron chi connectivity index (χ3n) is 6.23. The minimum atomic E-state index is -0.595. The van der Waals surface area contributed by atoms with Crippen molar-refractivity contribution in [3.63, 3.8) is 0 Å². The highest BCUT2D eigenvalue weighted by molar-refractivity contribution is 5.86. The van der Waals surface area contributed by atoms with Gasteiger partial charge in [0.2, 0.25) is 11.8 Å². The van der Waals surface area contributed by atoms with Crippen molar-refractivity contribution in [3.05, 3.63) is 83.9 Å². The number of allylic oxidation sites excluding steroid dienone is 2. The second-order valence-electron chi connectivity index (χ2n) is 9.15. The first-order valence-corrected chi connectivity index (χ1v) is 12.6. The molecule has 0 bridgehead atoms. The zero-order chi connectivity index (χ0) is 25.6. The second-order valence-corrected chi connectivity index (χ2v) is 9.15. The molecule has 3 N–H and O–H groups in total. The molecule has 36 heavy (non-hydrogen) atoms. The molecule has 0 saturated carbocycles. The fourth-order valence-corrected chi connectivity index (χ4v) is 4.21. The number of carbonyl (C=O) groups excluding carboxylic acids is 3. The Labute approximate surface area is 212 Å². The highest BCUT2D eigenvalue weighted by Gasteiger charge is 2.26. The van der Waals surface area contributed by atoms with Gasteiger partial charge in [0, 0.05) is 12.8 Å². The molecule has 0 saturated heterocycles. The molecule has 2 aromatic rings. The van der Waals surface area contributed by atoms with Crippen LogP contribution in [0.3, 0.4) is 0 Å². The van der Waals surface area contributed by atoms with Gasteiger partial charge in [-0.1, -0.05) is 72.8 Å². The smallest absolute Gasteiger partial charge is 0.305 e. The van der Waals surface area contributed by atoms with E-state index in [4.69, 9.17) is 4.74 Å². The molecule has 0 spiro atoms. The van der Waals surface area contributed by atoms with Crippen molar-refractivity contribution in [2.45, 2.75) is 57.0 Å². The summed E-state index contributed by atoms with van der Waals surface area (Å²) in [6.45, 7) is -0.161. The Morgan fingerprint density at radius 3 is 2.47 bits per heavy atom. The number of aliphatic hydroxyl groups excluding tert-OH is 1. The molecule has 3 rings (SSSR count). The molecule has 192 valence electrons. The maximum Gasteiger partial charge on any atom is 0.305 e. The second kappa shape index (κ2) is 14.8. The van der Waals surface area contributed by atoms with Crippen LogP contribution in [0.5, 0.6) is 0 Å². The normalized spacial score (nSPS) is 20.5. The summed E-state index contributed by atoms with van der Waals surface area (Å²) in [4.78, 5) is 38.4. The molecule has 0 aromatic heterocycles. The lowest BCUT2D eigenvalue weighted by Crippen LogP contribution is -2.42. The molecule has 1 aliphatic rings. The maximum absolute atomic E-state index is 13.3. The van der Waals surface area contributed by atoms with Gasteiger partial charge >= 0.3 is 5.97 Å². The fraction of sp³-hybridized carbons (Fsp3) is 0.414. The SMILES string of the molecule is O=C(C[C@H]1CC=CCCCCC(=O)OC[C@@H](c2ccccc2)NC1=O)N[C@@H](CO)Cc1ccccc1. The monoisotopic (exact) mass is 492 g/mol. The Kier molecular flexibility index (Phi) is 11.2. The van der Waals surface area contributed by atoms with Crippen molar-refractivity contribution in [2.75, 3.05) is 13.2 Å². The number of esters is 1. The van der Waals surface area contributed by atoms with Crippen molar-refractivity contribution in [1.29, 1.82) is 0 Å². The number of ether oxygens (including phenoxy) is 1. The molecule has 1 aliphatic heterocycles. The third kappa shape index (κ3) is 9.30. The molecule has 7 heteroatoms. The van der Waals surface area contributed by atoms with Gasteiger partial charge in [-0.25, -0.2) is 0 Å². The van der Waals surface area contributed by atoms with E-state index in [0.717, 1.165) is 30.4 Å². The number of rotatable bonds is 7. The zero-order valence-electron chi connectivity index (χ0n) is 20.6. The Hall–Kier alpha value is -3.45. The predicted octanol–water partition coefficient (Wildman–Crippen LogP) is 3.63. The molecule has 3 atom stereocenters. The van der Waals surface area contributed by atoms with E-state index in [1.54, 1.807) is 0 Å². The molecular weight excluding hydrogens is 456 g/mol. The highest BCUT2D eigenvalue weighted by Crippen LogP contribution is 2.19. The van der Waals surface area contributed by atoms with E-state index < -0.39 is 18.0 Å². The summed E-state index contributed by atoms with van der Waals surface area (Å²) in [6, 6.07) is 18.0. The van der Waals surface area contributed by atoms with E-state index in [2.05, 4.69) is 10.6 Å². The summed E-state index contributed by atoms with van der Waals surface area (Å²) in [7, 11) is 0. The molecule has 0 aliphatic carbocycles. The number of amides is 2. The average molecular weight is 493 g/mol. The molecule has 0 unspecified atom stereocenters. The number of hydrogen-bond acceptors (Lipinski definition) is 5. The van der Waals surface area contributed by atoms with E-state index in [9.17, 15) is 19.5 Å². The summed E-state index contributed by atoms with van der Waals surface area (Å²) in [5, 5.41) is 15.7. The van der Waals surface area contributed by atoms with Gasteiger partial charge in [0.25, 0.3) is 0 Å². The van der Waals surface area contributed by atoms with Gasteiger partial charge in [-0.3, -0.25) is 14.4 Å². The van der Waals surface area contributed by atoms with E-state index in [1.165, 1.54) is 0 Å². The number of carbonyl (C=O) groups is 3. The van der Waals surface area contributed by atoms with Gasteiger partial charge in [0.15, 0.2) is 0 Å². The number of aliphatic hydroxyl groups is 1. The topological polar surface area (TPSA) is 105 Å². The lowest BCUT2D eigenvalue weighted by atomic mass is 9.97. The van der Waals surface area contributed by atoms with Crippen LogP contribution >= 0.6 is 0 Å². The summed E-state index contributed by atoms with van der Waals surface area (Å²) < 4.78 is 5.46. The van der Waals surface area contributed by atoms with Crippen LogP contribution in [-0.2, 0) is 25.5 Å². The van der Waals surface area contributed by atoms with Crippen molar-refractivity contribution < 1.29 is 24.2 Å². The lowest BCUT2D eigenvalue weighted by Gasteiger charge is -2.23. The predicted molar refractivity (Wildman–Crippen MR) is 138 cm³/mol. The summed E-state index contributed by atoms with van der Waals surface area (Å²) in [5.41, 5.74) is 1.84. The van der Waals surface area contributed by atoms with E-state index in [0.29, 0.717) is 19.3 Å². The van der Waals surface area contributed by atoms with Crippen LogP contribution in [0.25, 0.3) is 0 Å².